The van der Waals surface area contributed by atoms with Gasteiger partial charge in [0, 0.05) is 18.1 Å². The first kappa shape index (κ1) is 8.97. The van der Waals surface area contributed by atoms with Crippen LogP contribution in [0.25, 0.3) is 0 Å². The lowest BCUT2D eigenvalue weighted by atomic mass is 9.99. The van der Waals surface area contributed by atoms with Crippen molar-refractivity contribution in [2.24, 2.45) is 5.73 Å². The Bertz CT molecular complexity index is 127. The van der Waals surface area contributed by atoms with Crippen molar-refractivity contribution < 1.29 is 5.11 Å². The van der Waals surface area contributed by atoms with Crippen LogP contribution >= 0.6 is 0 Å². The van der Waals surface area contributed by atoms with Crippen LogP contribution in [0.5, 0.6) is 0 Å². The minimum atomic E-state index is -0.484. The molecule has 3 heteroatoms. The molecule has 0 aliphatic heterocycles. The van der Waals surface area contributed by atoms with E-state index in [1.54, 1.807) is 0 Å². The summed E-state index contributed by atoms with van der Waals surface area (Å²) in [7, 11) is 0. The van der Waals surface area contributed by atoms with Gasteiger partial charge in [0.05, 0.1) is 6.10 Å². The van der Waals surface area contributed by atoms with E-state index in [0.29, 0.717) is 12.6 Å². The van der Waals surface area contributed by atoms with E-state index in [1.807, 2.05) is 13.8 Å². The molecule has 66 valence electrons. The van der Waals surface area contributed by atoms with Gasteiger partial charge in [-0.05, 0) is 26.7 Å². The van der Waals surface area contributed by atoms with Gasteiger partial charge in [-0.2, -0.15) is 0 Å². The van der Waals surface area contributed by atoms with E-state index in [2.05, 4.69) is 5.32 Å². The van der Waals surface area contributed by atoms with Crippen LogP contribution in [0.2, 0.25) is 0 Å². The number of rotatable bonds is 4. The van der Waals surface area contributed by atoms with Gasteiger partial charge in [0.15, 0.2) is 0 Å². The van der Waals surface area contributed by atoms with Crippen molar-refractivity contribution in [3.63, 3.8) is 0 Å². The molecule has 0 aromatic rings. The molecule has 1 rings (SSSR count). The van der Waals surface area contributed by atoms with Gasteiger partial charge in [0.25, 0.3) is 0 Å². The minimum absolute atomic E-state index is 0.442. The Hall–Kier alpha value is -0.120. The zero-order valence-electron chi connectivity index (χ0n) is 7.30. The molecule has 0 bridgehead atoms. The third-order valence-corrected chi connectivity index (χ3v) is 2.04. The molecular weight excluding hydrogens is 140 g/mol. The Kier molecular flexibility index (Phi) is 2.52. The molecule has 3 nitrogen and oxygen atoms in total. The van der Waals surface area contributed by atoms with Gasteiger partial charge in [-0.25, -0.2) is 0 Å². The third kappa shape index (κ3) is 3.18. The van der Waals surface area contributed by atoms with Crippen molar-refractivity contribution in [1.82, 2.24) is 5.32 Å². The molecule has 0 aromatic heterocycles. The SMILES string of the molecule is CC(C)(N)C(O)CNC1CC1. The van der Waals surface area contributed by atoms with Gasteiger partial charge >= 0.3 is 0 Å². The summed E-state index contributed by atoms with van der Waals surface area (Å²) >= 11 is 0. The van der Waals surface area contributed by atoms with Crippen LogP contribution in [-0.2, 0) is 0 Å². The average molecular weight is 158 g/mol. The van der Waals surface area contributed by atoms with E-state index in [-0.39, 0.29) is 0 Å². The molecule has 1 saturated carbocycles. The van der Waals surface area contributed by atoms with Crippen LogP contribution in [0.15, 0.2) is 0 Å². The number of aliphatic hydroxyl groups is 1. The van der Waals surface area contributed by atoms with Crippen molar-refractivity contribution in [2.75, 3.05) is 6.54 Å². The Morgan fingerprint density at radius 1 is 1.64 bits per heavy atom. The molecule has 1 aliphatic carbocycles. The topological polar surface area (TPSA) is 58.3 Å². The first-order chi connectivity index (χ1) is 5.00. The number of hydrogen-bond donors (Lipinski definition) is 3. The Labute approximate surface area is 68.0 Å². The lowest BCUT2D eigenvalue weighted by Crippen LogP contribution is -2.50. The summed E-state index contributed by atoms with van der Waals surface area (Å²) < 4.78 is 0. The standard InChI is InChI=1S/C8H18N2O/c1-8(2,9)7(11)5-10-6-3-4-6/h6-7,10-11H,3-5,9H2,1-2H3. The van der Waals surface area contributed by atoms with Gasteiger partial charge in [0.1, 0.15) is 0 Å². The maximum absolute atomic E-state index is 9.47. The van der Waals surface area contributed by atoms with Crippen molar-refractivity contribution in [1.29, 1.82) is 0 Å². The summed E-state index contributed by atoms with van der Waals surface area (Å²) in [5.74, 6) is 0. The Morgan fingerprint density at radius 3 is 2.55 bits per heavy atom. The molecule has 1 unspecified atom stereocenters. The third-order valence-electron chi connectivity index (χ3n) is 2.04. The van der Waals surface area contributed by atoms with Crippen LogP contribution in [0.4, 0.5) is 0 Å². The highest BCUT2D eigenvalue weighted by atomic mass is 16.3. The van der Waals surface area contributed by atoms with Crippen molar-refractivity contribution in [3.05, 3.63) is 0 Å². The van der Waals surface area contributed by atoms with E-state index < -0.39 is 11.6 Å². The second kappa shape index (κ2) is 3.09. The monoisotopic (exact) mass is 158 g/mol. The first-order valence-corrected chi connectivity index (χ1v) is 4.20. The molecule has 0 spiro atoms. The highest BCUT2D eigenvalue weighted by Gasteiger charge is 2.26. The number of hydrogen-bond acceptors (Lipinski definition) is 3. The smallest absolute Gasteiger partial charge is 0.0838 e. The Morgan fingerprint density at radius 2 is 2.18 bits per heavy atom. The second-order valence-electron chi connectivity index (χ2n) is 4.02. The molecule has 1 atom stereocenters. The van der Waals surface area contributed by atoms with Gasteiger partial charge in [-0.3, -0.25) is 0 Å². The zero-order valence-corrected chi connectivity index (χ0v) is 7.30. The highest BCUT2D eigenvalue weighted by Crippen LogP contribution is 2.18. The van der Waals surface area contributed by atoms with Crippen LogP contribution in [0.3, 0.4) is 0 Å². The van der Waals surface area contributed by atoms with Crippen molar-refractivity contribution in [2.45, 2.75) is 44.4 Å². The molecule has 0 amide bonds. The molecule has 1 aliphatic rings. The maximum Gasteiger partial charge on any atom is 0.0838 e. The van der Waals surface area contributed by atoms with Gasteiger partial charge in [-0.15, -0.1) is 0 Å². The van der Waals surface area contributed by atoms with Crippen molar-refractivity contribution >= 4 is 0 Å². The fraction of sp³-hybridized carbons (Fsp3) is 1.00. The predicted molar refractivity (Wildman–Crippen MR) is 45.3 cm³/mol. The van der Waals surface area contributed by atoms with E-state index in [9.17, 15) is 5.11 Å². The molecular formula is C8H18N2O. The zero-order chi connectivity index (χ0) is 8.48. The summed E-state index contributed by atoms with van der Waals surface area (Å²) in [6.45, 7) is 4.30. The van der Waals surface area contributed by atoms with Crippen LogP contribution in [-0.4, -0.2) is 29.3 Å². The molecule has 4 N–H and O–H groups in total. The molecule has 0 heterocycles. The molecule has 0 aromatic carbocycles. The van der Waals surface area contributed by atoms with Gasteiger partial charge in [-0.1, -0.05) is 0 Å². The number of aliphatic hydroxyl groups excluding tert-OH is 1. The molecule has 11 heavy (non-hydrogen) atoms. The van der Waals surface area contributed by atoms with E-state index in [1.165, 1.54) is 12.8 Å². The summed E-state index contributed by atoms with van der Waals surface area (Å²) in [6.07, 6.45) is 2.05. The first-order valence-electron chi connectivity index (χ1n) is 4.20. The van der Waals surface area contributed by atoms with Crippen LogP contribution in [0.1, 0.15) is 26.7 Å². The summed E-state index contributed by atoms with van der Waals surface area (Å²) in [4.78, 5) is 0. The normalized spacial score (nSPS) is 21.8. The maximum atomic E-state index is 9.47. The van der Waals surface area contributed by atoms with Crippen LogP contribution in [0, 0.1) is 0 Å². The summed E-state index contributed by atoms with van der Waals surface area (Å²) in [6, 6.07) is 0.645. The van der Waals surface area contributed by atoms with Crippen LogP contribution < -0.4 is 11.1 Å². The largest absolute Gasteiger partial charge is 0.390 e. The second-order valence-corrected chi connectivity index (χ2v) is 4.02. The average Bonchev–Trinajstić information content (AvgIpc) is 2.62. The lowest BCUT2D eigenvalue weighted by Gasteiger charge is -2.25. The number of nitrogens with one attached hydrogen (secondary N) is 1. The van der Waals surface area contributed by atoms with E-state index in [4.69, 9.17) is 5.73 Å². The fourth-order valence-corrected chi connectivity index (χ4v) is 0.829. The van der Waals surface area contributed by atoms with Gasteiger partial charge < -0.3 is 16.2 Å². The van der Waals surface area contributed by atoms with E-state index in [0.717, 1.165) is 0 Å². The predicted octanol–water partition coefficient (Wildman–Crippen LogP) is -0.163. The Balaban J connectivity index is 2.13. The minimum Gasteiger partial charge on any atom is -0.390 e. The van der Waals surface area contributed by atoms with E-state index >= 15 is 0 Å². The highest BCUT2D eigenvalue weighted by molar-refractivity contribution is 4.87. The molecule has 1 fully saturated rings. The molecule has 0 saturated heterocycles. The quantitative estimate of drug-likeness (QED) is 0.532. The lowest BCUT2D eigenvalue weighted by molar-refractivity contribution is 0.102. The fourth-order valence-electron chi connectivity index (χ4n) is 0.829. The summed E-state index contributed by atoms with van der Waals surface area (Å²) in [5, 5.41) is 12.7. The number of nitrogens with two attached hydrogens (primary N) is 1. The van der Waals surface area contributed by atoms with Gasteiger partial charge in [0.2, 0.25) is 0 Å². The summed E-state index contributed by atoms with van der Waals surface area (Å²) in [5.41, 5.74) is 5.21. The molecule has 0 radical (unpaired) electrons. The van der Waals surface area contributed by atoms with Crippen molar-refractivity contribution in [3.8, 4) is 0 Å².